The van der Waals surface area contributed by atoms with Crippen molar-refractivity contribution in [2.45, 2.75) is 58.6 Å². The van der Waals surface area contributed by atoms with Crippen molar-refractivity contribution in [2.24, 2.45) is 0 Å². The van der Waals surface area contributed by atoms with Gasteiger partial charge >= 0.3 is 0 Å². The minimum atomic E-state index is -0.326. The SMILES string of the molecule is CCCCCCC(C)Oc1ncc(F)cc1CNC. The van der Waals surface area contributed by atoms with Gasteiger partial charge in [0.1, 0.15) is 5.82 Å². The molecule has 1 N–H and O–H groups in total. The lowest BCUT2D eigenvalue weighted by molar-refractivity contribution is 0.195. The van der Waals surface area contributed by atoms with Gasteiger partial charge in [0, 0.05) is 12.1 Å². The van der Waals surface area contributed by atoms with Crippen molar-refractivity contribution in [1.29, 1.82) is 0 Å². The highest BCUT2D eigenvalue weighted by molar-refractivity contribution is 5.26. The van der Waals surface area contributed by atoms with Crippen LogP contribution in [-0.2, 0) is 6.54 Å². The second-order valence-corrected chi connectivity index (χ2v) is 4.93. The molecule has 1 rings (SSSR count). The summed E-state index contributed by atoms with van der Waals surface area (Å²) < 4.78 is 19.0. The number of unbranched alkanes of at least 4 members (excludes halogenated alkanes) is 3. The number of pyridine rings is 1. The van der Waals surface area contributed by atoms with Crippen molar-refractivity contribution in [1.82, 2.24) is 10.3 Å². The van der Waals surface area contributed by atoms with Crippen molar-refractivity contribution < 1.29 is 9.13 Å². The second kappa shape index (κ2) is 8.86. The van der Waals surface area contributed by atoms with E-state index in [4.69, 9.17) is 4.74 Å². The van der Waals surface area contributed by atoms with Crippen molar-refractivity contribution in [3.8, 4) is 5.88 Å². The predicted molar refractivity (Wildman–Crippen MR) is 75.8 cm³/mol. The maximum atomic E-state index is 13.1. The first kappa shape index (κ1) is 15.9. The van der Waals surface area contributed by atoms with E-state index in [1.54, 1.807) is 0 Å². The number of halogens is 1. The largest absolute Gasteiger partial charge is 0.474 e. The van der Waals surface area contributed by atoms with Gasteiger partial charge in [-0.05, 0) is 32.9 Å². The molecule has 1 unspecified atom stereocenters. The first-order chi connectivity index (χ1) is 9.17. The average Bonchev–Trinajstić information content (AvgIpc) is 2.38. The van der Waals surface area contributed by atoms with E-state index in [0.29, 0.717) is 12.4 Å². The molecule has 0 saturated carbocycles. The van der Waals surface area contributed by atoms with Crippen LogP contribution in [-0.4, -0.2) is 18.1 Å². The molecule has 0 bridgehead atoms. The maximum Gasteiger partial charge on any atom is 0.218 e. The molecular formula is C15H25FN2O. The Morgan fingerprint density at radius 3 is 2.84 bits per heavy atom. The molecule has 0 spiro atoms. The number of hydrogen-bond acceptors (Lipinski definition) is 3. The summed E-state index contributed by atoms with van der Waals surface area (Å²) in [5, 5.41) is 3.00. The minimum absolute atomic E-state index is 0.116. The summed E-state index contributed by atoms with van der Waals surface area (Å²) in [5.41, 5.74) is 0.767. The van der Waals surface area contributed by atoms with Crippen LogP contribution in [0, 0.1) is 5.82 Å². The van der Waals surface area contributed by atoms with E-state index in [0.717, 1.165) is 18.4 Å². The molecule has 0 aliphatic heterocycles. The fourth-order valence-electron chi connectivity index (χ4n) is 2.00. The van der Waals surface area contributed by atoms with Crippen LogP contribution in [0.3, 0.4) is 0 Å². The molecule has 0 aromatic carbocycles. The van der Waals surface area contributed by atoms with E-state index < -0.39 is 0 Å². The molecule has 108 valence electrons. The van der Waals surface area contributed by atoms with Gasteiger partial charge in [-0.1, -0.05) is 26.2 Å². The molecule has 19 heavy (non-hydrogen) atoms. The van der Waals surface area contributed by atoms with Crippen LogP contribution in [0.4, 0.5) is 4.39 Å². The Kier molecular flexibility index (Phi) is 7.41. The zero-order chi connectivity index (χ0) is 14.1. The molecule has 0 saturated heterocycles. The number of aromatic nitrogens is 1. The number of nitrogens with zero attached hydrogens (tertiary/aromatic N) is 1. The molecule has 1 atom stereocenters. The molecule has 1 aromatic heterocycles. The molecule has 4 heteroatoms. The predicted octanol–water partition coefficient (Wildman–Crippen LogP) is 3.68. The smallest absolute Gasteiger partial charge is 0.218 e. The quantitative estimate of drug-likeness (QED) is 0.694. The Bertz CT molecular complexity index is 371. The van der Waals surface area contributed by atoms with Crippen LogP contribution in [0.25, 0.3) is 0 Å². The third kappa shape index (κ3) is 6.01. The highest BCUT2D eigenvalue weighted by atomic mass is 19.1. The van der Waals surface area contributed by atoms with E-state index >= 15 is 0 Å². The van der Waals surface area contributed by atoms with Gasteiger partial charge in [-0.3, -0.25) is 0 Å². The summed E-state index contributed by atoms with van der Waals surface area (Å²) >= 11 is 0. The van der Waals surface area contributed by atoms with E-state index in [2.05, 4.69) is 17.2 Å². The molecule has 0 fully saturated rings. The Balaban J connectivity index is 2.50. The fourth-order valence-corrected chi connectivity index (χ4v) is 2.00. The lowest BCUT2D eigenvalue weighted by Crippen LogP contribution is -2.16. The average molecular weight is 268 g/mol. The van der Waals surface area contributed by atoms with Crippen LogP contribution < -0.4 is 10.1 Å². The van der Waals surface area contributed by atoms with Crippen LogP contribution in [0.2, 0.25) is 0 Å². The Morgan fingerprint density at radius 1 is 1.37 bits per heavy atom. The van der Waals surface area contributed by atoms with Crippen molar-refractivity contribution >= 4 is 0 Å². The number of rotatable bonds is 9. The van der Waals surface area contributed by atoms with Gasteiger partial charge in [0.15, 0.2) is 0 Å². The summed E-state index contributed by atoms with van der Waals surface area (Å²) in [7, 11) is 1.82. The number of ether oxygens (including phenoxy) is 1. The van der Waals surface area contributed by atoms with Crippen LogP contribution in [0.1, 0.15) is 51.5 Å². The molecule has 0 aliphatic rings. The number of nitrogens with one attached hydrogen (secondary N) is 1. The third-order valence-electron chi connectivity index (χ3n) is 3.04. The van der Waals surface area contributed by atoms with Gasteiger partial charge in [-0.2, -0.15) is 0 Å². The van der Waals surface area contributed by atoms with Gasteiger partial charge in [0.25, 0.3) is 0 Å². The summed E-state index contributed by atoms with van der Waals surface area (Å²) in [6, 6.07) is 1.47. The third-order valence-corrected chi connectivity index (χ3v) is 3.04. The molecular weight excluding hydrogens is 243 g/mol. The van der Waals surface area contributed by atoms with E-state index in [1.165, 1.54) is 31.5 Å². The van der Waals surface area contributed by atoms with Crippen molar-refractivity contribution in [3.63, 3.8) is 0 Å². The highest BCUT2D eigenvalue weighted by Gasteiger charge is 2.10. The van der Waals surface area contributed by atoms with Gasteiger partial charge in [-0.15, -0.1) is 0 Å². The van der Waals surface area contributed by atoms with Gasteiger partial charge < -0.3 is 10.1 Å². The van der Waals surface area contributed by atoms with Gasteiger partial charge in [-0.25, -0.2) is 9.37 Å². The van der Waals surface area contributed by atoms with E-state index in [1.807, 2.05) is 14.0 Å². The molecule has 0 radical (unpaired) electrons. The van der Waals surface area contributed by atoms with E-state index in [-0.39, 0.29) is 11.9 Å². The first-order valence-electron chi connectivity index (χ1n) is 7.13. The normalized spacial score (nSPS) is 12.4. The van der Waals surface area contributed by atoms with Crippen LogP contribution >= 0.6 is 0 Å². The lowest BCUT2D eigenvalue weighted by Gasteiger charge is -2.16. The zero-order valence-corrected chi connectivity index (χ0v) is 12.2. The van der Waals surface area contributed by atoms with Gasteiger partial charge in [0.2, 0.25) is 5.88 Å². The highest BCUT2D eigenvalue weighted by Crippen LogP contribution is 2.19. The Labute approximate surface area is 115 Å². The van der Waals surface area contributed by atoms with Crippen molar-refractivity contribution in [2.75, 3.05) is 7.05 Å². The van der Waals surface area contributed by atoms with E-state index in [9.17, 15) is 4.39 Å². The minimum Gasteiger partial charge on any atom is -0.474 e. The zero-order valence-electron chi connectivity index (χ0n) is 12.2. The van der Waals surface area contributed by atoms with Gasteiger partial charge in [0.05, 0.1) is 12.3 Å². The topological polar surface area (TPSA) is 34.1 Å². The molecule has 1 heterocycles. The fraction of sp³-hybridized carbons (Fsp3) is 0.667. The monoisotopic (exact) mass is 268 g/mol. The summed E-state index contributed by atoms with van der Waals surface area (Å²) in [6.45, 7) is 4.80. The van der Waals surface area contributed by atoms with Crippen LogP contribution in [0.15, 0.2) is 12.3 Å². The Hall–Kier alpha value is -1.16. The maximum absolute atomic E-state index is 13.1. The molecule has 0 amide bonds. The summed E-state index contributed by atoms with van der Waals surface area (Å²) in [5.74, 6) is 0.215. The summed E-state index contributed by atoms with van der Waals surface area (Å²) in [4.78, 5) is 4.04. The van der Waals surface area contributed by atoms with Crippen LogP contribution in [0.5, 0.6) is 5.88 Å². The standard InChI is InChI=1S/C15H25FN2O/c1-4-5-6-7-8-12(2)19-15-13(10-17-3)9-14(16)11-18-15/h9,11-12,17H,4-8,10H2,1-3H3. The molecule has 3 nitrogen and oxygen atoms in total. The second-order valence-electron chi connectivity index (χ2n) is 4.93. The molecule has 0 aliphatic carbocycles. The molecule has 1 aromatic rings. The first-order valence-corrected chi connectivity index (χ1v) is 7.13. The summed E-state index contributed by atoms with van der Waals surface area (Å²) in [6.07, 6.45) is 7.25. The number of hydrogen-bond donors (Lipinski definition) is 1. The lowest BCUT2D eigenvalue weighted by atomic mass is 10.1. The Morgan fingerprint density at radius 2 is 2.16 bits per heavy atom. The van der Waals surface area contributed by atoms with Crippen molar-refractivity contribution in [3.05, 3.63) is 23.6 Å².